The van der Waals surface area contributed by atoms with Gasteiger partial charge in [-0.05, 0) is 28.7 Å². The predicted octanol–water partition coefficient (Wildman–Crippen LogP) is 3.36. The standard InChI is InChI=1S/C13H10ClFIN3OS/c14-2-1-12-18-10-4-9(16)8(15)3-11(10)19(12)5-7-6-21-13(20)17-7/h3-4,6H,1-2,5H2,(H,17,20). The molecule has 0 aliphatic carbocycles. The zero-order valence-corrected chi connectivity index (χ0v) is 14.4. The van der Waals surface area contributed by atoms with Crippen LogP contribution in [0.25, 0.3) is 11.0 Å². The van der Waals surface area contributed by atoms with E-state index in [1.807, 2.05) is 27.2 Å². The SMILES string of the molecule is O=c1[nH]c(Cn2c(CCCl)nc3cc(I)c(F)cc32)cs1. The van der Waals surface area contributed by atoms with Gasteiger partial charge in [-0.2, -0.15) is 0 Å². The number of hydrogen-bond acceptors (Lipinski definition) is 3. The number of hydrogen-bond donors (Lipinski definition) is 1. The molecule has 0 unspecified atom stereocenters. The van der Waals surface area contributed by atoms with Crippen LogP contribution in [0, 0.1) is 9.39 Å². The lowest BCUT2D eigenvalue weighted by Gasteiger charge is -2.07. The lowest BCUT2D eigenvalue weighted by Crippen LogP contribution is -2.07. The van der Waals surface area contributed by atoms with Crippen molar-refractivity contribution in [1.82, 2.24) is 14.5 Å². The van der Waals surface area contributed by atoms with Gasteiger partial charge in [0.25, 0.3) is 0 Å². The summed E-state index contributed by atoms with van der Waals surface area (Å²) >= 11 is 8.88. The molecule has 21 heavy (non-hydrogen) atoms. The Kier molecular flexibility index (Phi) is 4.32. The first-order valence-corrected chi connectivity index (χ1v) is 8.64. The minimum absolute atomic E-state index is 0.103. The van der Waals surface area contributed by atoms with Gasteiger partial charge in [-0.3, -0.25) is 4.79 Å². The Morgan fingerprint density at radius 2 is 2.29 bits per heavy atom. The molecule has 8 heteroatoms. The molecule has 4 nitrogen and oxygen atoms in total. The van der Waals surface area contributed by atoms with Crippen molar-refractivity contribution in [2.24, 2.45) is 0 Å². The topological polar surface area (TPSA) is 50.7 Å². The Morgan fingerprint density at radius 1 is 1.48 bits per heavy atom. The van der Waals surface area contributed by atoms with Gasteiger partial charge in [0.15, 0.2) is 0 Å². The van der Waals surface area contributed by atoms with Crippen molar-refractivity contribution in [3.63, 3.8) is 0 Å². The lowest BCUT2D eigenvalue weighted by molar-refractivity contribution is 0.620. The van der Waals surface area contributed by atoms with Crippen molar-refractivity contribution < 1.29 is 4.39 Å². The lowest BCUT2D eigenvalue weighted by atomic mass is 10.3. The zero-order chi connectivity index (χ0) is 15.0. The van der Waals surface area contributed by atoms with Gasteiger partial charge in [0.2, 0.25) is 0 Å². The van der Waals surface area contributed by atoms with E-state index in [1.165, 1.54) is 6.07 Å². The van der Waals surface area contributed by atoms with E-state index in [4.69, 9.17) is 11.6 Å². The van der Waals surface area contributed by atoms with Crippen LogP contribution in [0.5, 0.6) is 0 Å². The second kappa shape index (κ2) is 6.05. The van der Waals surface area contributed by atoms with Gasteiger partial charge in [-0.1, -0.05) is 11.3 Å². The van der Waals surface area contributed by atoms with Crippen LogP contribution in [0.3, 0.4) is 0 Å². The number of aryl methyl sites for hydroxylation is 1. The first-order valence-electron chi connectivity index (χ1n) is 6.15. The number of alkyl halides is 1. The molecule has 0 atom stereocenters. The van der Waals surface area contributed by atoms with Crippen LogP contribution in [0.2, 0.25) is 0 Å². The summed E-state index contributed by atoms with van der Waals surface area (Å²) in [7, 11) is 0. The number of aromatic amines is 1. The average molecular weight is 438 g/mol. The Hall–Kier alpha value is -0.930. The normalized spacial score (nSPS) is 11.4. The number of benzene rings is 1. The van der Waals surface area contributed by atoms with E-state index in [9.17, 15) is 9.18 Å². The number of imidazole rings is 1. The number of rotatable bonds is 4. The molecule has 3 rings (SSSR count). The number of aromatic nitrogens is 3. The van der Waals surface area contributed by atoms with E-state index >= 15 is 0 Å². The molecule has 0 radical (unpaired) electrons. The van der Waals surface area contributed by atoms with Gasteiger partial charge >= 0.3 is 4.87 Å². The molecule has 1 N–H and O–H groups in total. The average Bonchev–Trinajstić information content (AvgIpc) is 2.97. The molecule has 0 aliphatic heterocycles. The molecule has 0 spiro atoms. The van der Waals surface area contributed by atoms with Crippen molar-refractivity contribution in [2.45, 2.75) is 13.0 Å². The molecular formula is C13H10ClFIN3OS. The second-order valence-electron chi connectivity index (χ2n) is 4.48. The zero-order valence-electron chi connectivity index (χ0n) is 10.7. The van der Waals surface area contributed by atoms with Crippen LogP contribution in [0.15, 0.2) is 22.3 Å². The number of H-pyrrole nitrogens is 1. The molecule has 110 valence electrons. The summed E-state index contributed by atoms with van der Waals surface area (Å²) in [6.07, 6.45) is 0.586. The molecule has 3 aromatic rings. The van der Waals surface area contributed by atoms with E-state index in [1.54, 1.807) is 11.4 Å². The minimum atomic E-state index is -0.277. The minimum Gasteiger partial charge on any atom is -0.322 e. The maximum Gasteiger partial charge on any atom is 0.304 e. The highest BCUT2D eigenvalue weighted by Crippen LogP contribution is 2.23. The van der Waals surface area contributed by atoms with Crippen LogP contribution in [0.4, 0.5) is 4.39 Å². The van der Waals surface area contributed by atoms with Crippen molar-refractivity contribution >= 4 is 56.6 Å². The summed E-state index contributed by atoms with van der Waals surface area (Å²) < 4.78 is 16.3. The molecule has 1 aromatic carbocycles. The third kappa shape index (κ3) is 3.00. The number of thiazole rings is 1. The molecule has 0 aliphatic rings. The molecule has 0 amide bonds. The Balaban J connectivity index is 2.14. The molecule has 0 bridgehead atoms. The molecule has 0 fully saturated rings. The third-order valence-corrected chi connectivity index (χ3v) is 4.82. The van der Waals surface area contributed by atoms with E-state index in [-0.39, 0.29) is 10.7 Å². The van der Waals surface area contributed by atoms with Gasteiger partial charge in [-0.25, -0.2) is 9.37 Å². The highest BCUT2D eigenvalue weighted by molar-refractivity contribution is 14.1. The molecule has 0 saturated heterocycles. The predicted molar refractivity (Wildman–Crippen MR) is 90.9 cm³/mol. The molecular weight excluding hydrogens is 428 g/mol. The van der Waals surface area contributed by atoms with Crippen LogP contribution < -0.4 is 4.87 Å². The van der Waals surface area contributed by atoms with Crippen LogP contribution >= 0.6 is 45.5 Å². The summed E-state index contributed by atoms with van der Waals surface area (Å²) in [5.41, 5.74) is 2.22. The monoisotopic (exact) mass is 437 g/mol. The highest BCUT2D eigenvalue weighted by Gasteiger charge is 2.14. The van der Waals surface area contributed by atoms with Crippen LogP contribution in [0.1, 0.15) is 11.5 Å². The largest absolute Gasteiger partial charge is 0.322 e. The summed E-state index contributed by atoms with van der Waals surface area (Å²) in [5.74, 6) is 0.942. The summed E-state index contributed by atoms with van der Waals surface area (Å²) in [5, 5.41) is 1.77. The van der Waals surface area contributed by atoms with Crippen molar-refractivity contribution in [2.75, 3.05) is 5.88 Å². The van der Waals surface area contributed by atoms with Crippen molar-refractivity contribution in [3.05, 3.63) is 48.1 Å². The van der Waals surface area contributed by atoms with Crippen molar-refractivity contribution in [3.8, 4) is 0 Å². The van der Waals surface area contributed by atoms with E-state index in [0.29, 0.717) is 27.9 Å². The third-order valence-electron chi connectivity index (χ3n) is 3.09. The second-order valence-corrected chi connectivity index (χ2v) is 6.86. The molecule has 2 aromatic heterocycles. The number of halogens is 3. The van der Waals surface area contributed by atoms with Gasteiger partial charge in [0, 0.05) is 29.4 Å². The number of fused-ring (bicyclic) bond motifs is 1. The smallest absolute Gasteiger partial charge is 0.304 e. The fourth-order valence-corrected chi connectivity index (χ4v) is 3.38. The van der Waals surface area contributed by atoms with E-state index in [0.717, 1.165) is 28.4 Å². The fraction of sp³-hybridized carbons (Fsp3) is 0.231. The number of nitrogens with zero attached hydrogens (tertiary/aromatic N) is 2. The first kappa shape index (κ1) is 15.0. The summed E-state index contributed by atoms with van der Waals surface area (Å²) in [6.45, 7) is 0.446. The maximum atomic E-state index is 13.8. The highest BCUT2D eigenvalue weighted by atomic mass is 127. The van der Waals surface area contributed by atoms with Gasteiger partial charge in [0.05, 0.1) is 21.1 Å². The Bertz CT molecular complexity index is 857. The van der Waals surface area contributed by atoms with Crippen LogP contribution in [-0.2, 0) is 13.0 Å². The molecule has 0 saturated carbocycles. The van der Waals surface area contributed by atoms with E-state index < -0.39 is 0 Å². The first-order chi connectivity index (χ1) is 10.1. The summed E-state index contributed by atoms with van der Waals surface area (Å²) in [6, 6.07) is 3.20. The maximum absolute atomic E-state index is 13.8. The van der Waals surface area contributed by atoms with Crippen LogP contribution in [-0.4, -0.2) is 20.4 Å². The Morgan fingerprint density at radius 3 is 2.95 bits per heavy atom. The van der Waals surface area contributed by atoms with Gasteiger partial charge in [-0.15, -0.1) is 11.6 Å². The number of nitrogens with one attached hydrogen (secondary N) is 1. The summed E-state index contributed by atoms with van der Waals surface area (Å²) in [4.78, 5) is 18.4. The van der Waals surface area contributed by atoms with Gasteiger partial charge < -0.3 is 9.55 Å². The molecule has 2 heterocycles. The Labute approximate surface area is 142 Å². The quantitative estimate of drug-likeness (QED) is 0.503. The fourth-order valence-electron chi connectivity index (χ4n) is 2.18. The van der Waals surface area contributed by atoms with Crippen molar-refractivity contribution in [1.29, 1.82) is 0 Å². The van der Waals surface area contributed by atoms with Gasteiger partial charge in [0.1, 0.15) is 11.6 Å². The van der Waals surface area contributed by atoms with E-state index in [2.05, 4.69) is 9.97 Å².